The molecule has 2 rings (SSSR count). The van der Waals surface area contributed by atoms with Gasteiger partial charge in [0.2, 0.25) is 0 Å². The molecular weight excluding hydrogens is 367 g/mol. The molecule has 0 spiro atoms. The Balaban J connectivity index is 2.44. The van der Waals surface area contributed by atoms with Crippen LogP contribution in [0.5, 0.6) is 0 Å². The molecule has 0 saturated heterocycles. The molecule has 24 heavy (non-hydrogen) atoms. The molecule has 0 fully saturated rings. The quantitative estimate of drug-likeness (QED) is 0.624. The predicted molar refractivity (Wildman–Crippen MR) is 98.1 cm³/mol. The smallest absolute Gasteiger partial charge is 0.303 e. The summed E-state index contributed by atoms with van der Waals surface area (Å²) in [6.45, 7) is 7.38. The number of ether oxygens (including phenoxy) is 1. The Hall–Kier alpha value is -1.17. The highest BCUT2D eigenvalue weighted by atomic mass is 35.5. The van der Waals surface area contributed by atoms with Gasteiger partial charge in [-0.15, -0.1) is 0 Å². The van der Waals surface area contributed by atoms with E-state index in [4.69, 9.17) is 32.9 Å². The number of hydrogen-bond donors (Lipinski definition) is 0. The van der Waals surface area contributed by atoms with E-state index in [1.165, 1.54) is 6.92 Å². The lowest BCUT2D eigenvalue weighted by Crippen LogP contribution is -2.10. The maximum absolute atomic E-state index is 11.2. The molecule has 2 aromatic rings. The number of esters is 1. The summed E-state index contributed by atoms with van der Waals surface area (Å²) in [5.41, 5.74) is 0.951. The lowest BCUT2D eigenvalue weighted by Gasteiger charge is -2.13. The normalized spacial score (nSPS) is 12.5. The number of hydrogen-bond acceptors (Lipinski definition) is 4. The van der Waals surface area contributed by atoms with Crippen molar-refractivity contribution in [3.8, 4) is 0 Å². The van der Waals surface area contributed by atoms with Crippen molar-refractivity contribution in [1.82, 2.24) is 9.55 Å². The fourth-order valence-corrected chi connectivity index (χ4v) is 4.25. The topological polar surface area (TPSA) is 44.1 Å². The molecule has 1 heterocycles. The van der Waals surface area contributed by atoms with E-state index < -0.39 is 6.10 Å². The molecule has 1 unspecified atom stereocenters. The zero-order valence-corrected chi connectivity index (χ0v) is 16.6. The van der Waals surface area contributed by atoms with Crippen LogP contribution in [0.3, 0.4) is 0 Å². The predicted octanol–water partition coefficient (Wildman–Crippen LogP) is 5.63. The molecule has 0 saturated carbocycles. The van der Waals surface area contributed by atoms with Crippen LogP contribution < -0.4 is 0 Å². The van der Waals surface area contributed by atoms with Crippen LogP contribution in [0.1, 0.15) is 51.2 Å². The summed E-state index contributed by atoms with van der Waals surface area (Å²) < 4.78 is 7.24. The first-order chi connectivity index (χ1) is 11.2. The van der Waals surface area contributed by atoms with Gasteiger partial charge in [0, 0.05) is 28.9 Å². The third kappa shape index (κ3) is 4.47. The van der Waals surface area contributed by atoms with E-state index in [2.05, 4.69) is 13.8 Å². The van der Waals surface area contributed by atoms with Crippen molar-refractivity contribution in [2.24, 2.45) is 7.05 Å². The van der Waals surface area contributed by atoms with Crippen LogP contribution in [0.4, 0.5) is 0 Å². The van der Waals surface area contributed by atoms with Gasteiger partial charge >= 0.3 is 5.97 Å². The second-order valence-corrected chi connectivity index (χ2v) is 7.77. The summed E-state index contributed by atoms with van der Waals surface area (Å²) in [6.07, 6.45) is -0.415. The van der Waals surface area contributed by atoms with Crippen LogP contribution in [-0.4, -0.2) is 15.5 Å². The maximum atomic E-state index is 11.2. The molecule has 1 aromatic heterocycles. The number of aromatic nitrogens is 2. The zero-order chi connectivity index (χ0) is 18.0. The Bertz CT molecular complexity index is 739. The molecule has 0 N–H and O–H groups in total. The Labute approximate surface area is 156 Å². The van der Waals surface area contributed by atoms with Crippen molar-refractivity contribution in [2.45, 2.75) is 49.6 Å². The minimum atomic E-state index is -0.415. The number of imidazole rings is 1. The standard InChI is InChI=1S/C17H20Cl2N2O2S/c1-9(2)15-17(24-14-7-12(18)6-13(19)8-14)21(5)16(20-15)10(3)23-11(4)22/h6-10H,1-5H3. The van der Waals surface area contributed by atoms with Crippen LogP contribution in [0.25, 0.3) is 0 Å². The molecule has 130 valence electrons. The van der Waals surface area contributed by atoms with Gasteiger partial charge < -0.3 is 9.30 Å². The summed E-state index contributed by atoms with van der Waals surface area (Å²) in [6, 6.07) is 5.43. The molecule has 0 bridgehead atoms. The van der Waals surface area contributed by atoms with Crippen molar-refractivity contribution < 1.29 is 9.53 Å². The summed E-state index contributed by atoms with van der Waals surface area (Å²) in [4.78, 5) is 16.9. The van der Waals surface area contributed by atoms with Crippen LogP contribution in [0, 0.1) is 0 Å². The highest BCUT2D eigenvalue weighted by molar-refractivity contribution is 7.99. The molecule has 0 aliphatic rings. The van der Waals surface area contributed by atoms with Crippen molar-refractivity contribution in [1.29, 1.82) is 0 Å². The van der Waals surface area contributed by atoms with Gasteiger partial charge in [-0.2, -0.15) is 0 Å². The van der Waals surface area contributed by atoms with Crippen LogP contribution in [0.2, 0.25) is 10.0 Å². The van der Waals surface area contributed by atoms with Gasteiger partial charge in [0.1, 0.15) is 5.03 Å². The van der Waals surface area contributed by atoms with E-state index in [-0.39, 0.29) is 11.9 Å². The Kier molecular flexibility index (Phi) is 6.23. The van der Waals surface area contributed by atoms with Crippen molar-refractivity contribution in [3.05, 3.63) is 39.8 Å². The number of halogens is 2. The molecule has 7 heteroatoms. The molecule has 4 nitrogen and oxygen atoms in total. The van der Waals surface area contributed by atoms with E-state index in [9.17, 15) is 4.79 Å². The van der Waals surface area contributed by atoms with E-state index >= 15 is 0 Å². The SMILES string of the molecule is CC(=O)OC(C)c1nc(C(C)C)c(Sc2cc(Cl)cc(Cl)c2)n1C. The van der Waals surface area contributed by atoms with E-state index in [0.29, 0.717) is 15.9 Å². The summed E-state index contributed by atoms with van der Waals surface area (Å²) >= 11 is 13.7. The first-order valence-electron chi connectivity index (χ1n) is 7.56. The van der Waals surface area contributed by atoms with Crippen LogP contribution in [-0.2, 0) is 16.6 Å². The molecule has 0 aliphatic carbocycles. The molecule has 1 atom stereocenters. The highest BCUT2D eigenvalue weighted by Crippen LogP contribution is 2.37. The second kappa shape index (κ2) is 7.81. The van der Waals surface area contributed by atoms with Gasteiger partial charge in [-0.3, -0.25) is 4.79 Å². The Morgan fingerprint density at radius 1 is 1.21 bits per heavy atom. The van der Waals surface area contributed by atoms with E-state index in [1.54, 1.807) is 17.8 Å². The minimum Gasteiger partial charge on any atom is -0.455 e. The van der Waals surface area contributed by atoms with Gasteiger partial charge in [-0.1, -0.05) is 48.8 Å². The third-order valence-corrected chi connectivity index (χ3v) is 4.99. The number of benzene rings is 1. The average Bonchev–Trinajstić information content (AvgIpc) is 2.74. The minimum absolute atomic E-state index is 0.228. The average molecular weight is 387 g/mol. The highest BCUT2D eigenvalue weighted by Gasteiger charge is 2.23. The fraction of sp³-hybridized carbons (Fsp3) is 0.412. The number of nitrogens with zero attached hydrogens (tertiary/aromatic N) is 2. The van der Waals surface area contributed by atoms with Crippen LogP contribution >= 0.6 is 35.0 Å². The fourth-order valence-electron chi connectivity index (χ4n) is 2.38. The lowest BCUT2D eigenvalue weighted by atomic mass is 10.1. The Morgan fingerprint density at radius 2 is 1.79 bits per heavy atom. The second-order valence-electron chi connectivity index (χ2n) is 5.83. The van der Waals surface area contributed by atoms with Crippen LogP contribution in [0.15, 0.2) is 28.1 Å². The van der Waals surface area contributed by atoms with E-state index in [1.807, 2.05) is 30.7 Å². The van der Waals surface area contributed by atoms with Crippen molar-refractivity contribution in [3.63, 3.8) is 0 Å². The van der Waals surface area contributed by atoms with E-state index in [0.717, 1.165) is 15.6 Å². The monoisotopic (exact) mass is 386 g/mol. The van der Waals surface area contributed by atoms with Gasteiger partial charge in [0.25, 0.3) is 0 Å². The number of carbonyl (C=O) groups excluding carboxylic acids is 1. The lowest BCUT2D eigenvalue weighted by molar-refractivity contribution is -0.146. The van der Waals surface area contributed by atoms with Crippen molar-refractivity contribution in [2.75, 3.05) is 0 Å². The van der Waals surface area contributed by atoms with Crippen molar-refractivity contribution >= 4 is 40.9 Å². The molecule has 0 amide bonds. The first-order valence-corrected chi connectivity index (χ1v) is 9.14. The van der Waals surface area contributed by atoms with Gasteiger partial charge in [0.15, 0.2) is 11.9 Å². The zero-order valence-electron chi connectivity index (χ0n) is 14.3. The maximum Gasteiger partial charge on any atom is 0.303 e. The summed E-state index contributed by atoms with van der Waals surface area (Å²) in [5, 5.41) is 2.16. The van der Waals surface area contributed by atoms with Gasteiger partial charge in [-0.25, -0.2) is 4.98 Å². The number of rotatable bonds is 5. The molecular formula is C17H20Cl2N2O2S. The molecule has 0 radical (unpaired) electrons. The number of carbonyl (C=O) groups is 1. The third-order valence-electron chi connectivity index (χ3n) is 3.41. The first kappa shape index (κ1) is 19.2. The molecule has 1 aromatic carbocycles. The Morgan fingerprint density at radius 3 is 2.29 bits per heavy atom. The molecule has 0 aliphatic heterocycles. The summed E-state index contributed by atoms with van der Waals surface area (Å²) in [7, 11) is 1.92. The van der Waals surface area contributed by atoms with Gasteiger partial charge in [-0.05, 0) is 31.0 Å². The van der Waals surface area contributed by atoms with Gasteiger partial charge in [0.05, 0.1) is 5.69 Å². The largest absolute Gasteiger partial charge is 0.455 e. The summed E-state index contributed by atoms with van der Waals surface area (Å²) in [5.74, 6) is 0.614.